The minimum absolute atomic E-state index is 0.00176. The van der Waals surface area contributed by atoms with Crippen LogP contribution in [0.4, 0.5) is 4.39 Å². The van der Waals surface area contributed by atoms with E-state index < -0.39 is 0 Å². The molecular formula is C14H16FNO2. The van der Waals surface area contributed by atoms with Gasteiger partial charge < -0.3 is 9.84 Å². The van der Waals surface area contributed by atoms with Gasteiger partial charge in [-0.1, -0.05) is 6.92 Å². The number of hydrogen-bond donors (Lipinski definition) is 1. The van der Waals surface area contributed by atoms with Crippen molar-refractivity contribution < 1.29 is 14.2 Å². The summed E-state index contributed by atoms with van der Waals surface area (Å²) in [5.74, 6) is 0.174. The number of nitrogens with zero attached hydrogens (tertiary/aromatic N) is 1. The summed E-state index contributed by atoms with van der Waals surface area (Å²) in [7, 11) is 1.53. The van der Waals surface area contributed by atoms with Crippen LogP contribution in [0.3, 0.4) is 0 Å². The fourth-order valence-electron chi connectivity index (χ4n) is 1.93. The predicted molar refractivity (Wildman–Crippen MR) is 68.2 cm³/mol. The van der Waals surface area contributed by atoms with Crippen LogP contribution in [0.15, 0.2) is 24.3 Å². The van der Waals surface area contributed by atoms with Crippen LogP contribution in [0.2, 0.25) is 0 Å². The fourth-order valence-corrected chi connectivity index (χ4v) is 1.93. The van der Waals surface area contributed by atoms with E-state index in [0.717, 1.165) is 5.39 Å². The molecule has 0 radical (unpaired) electrons. The molecule has 1 aromatic carbocycles. The average molecular weight is 249 g/mol. The first kappa shape index (κ1) is 12.8. The number of rotatable bonds is 4. The van der Waals surface area contributed by atoms with E-state index in [-0.39, 0.29) is 18.3 Å². The van der Waals surface area contributed by atoms with E-state index in [1.807, 2.05) is 13.0 Å². The van der Waals surface area contributed by atoms with E-state index in [4.69, 9.17) is 9.84 Å². The van der Waals surface area contributed by atoms with Crippen LogP contribution in [0.5, 0.6) is 5.88 Å². The molecule has 0 fully saturated rings. The zero-order valence-electron chi connectivity index (χ0n) is 10.5. The first-order chi connectivity index (χ1) is 8.65. The molecule has 18 heavy (non-hydrogen) atoms. The van der Waals surface area contributed by atoms with Gasteiger partial charge in [-0.15, -0.1) is 0 Å². The second-order valence-corrected chi connectivity index (χ2v) is 4.44. The number of ether oxygens (including phenoxy) is 1. The molecule has 0 aliphatic rings. The highest BCUT2D eigenvalue weighted by molar-refractivity contribution is 5.82. The number of hydrogen-bond acceptors (Lipinski definition) is 3. The lowest BCUT2D eigenvalue weighted by Gasteiger charge is -2.12. The number of aromatic nitrogens is 1. The van der Waals surface area contributed by atoms with Crippen molar-refractivity contribution in [1.29, 1.82) is 0 Å². The molecule has 0 saturated carbocycles. The first-order valence-electron chi connectivity index (χ1n) is 5.88. The quantitative estimate of drug-likeness (QED) is 0.905. The standard InChI is InChI=1S/C14H16FNO2/c1-9(8-17)7-11-12(15)5-3-10-4-6-13(18-2)16-14(10)11/h3-6,9,17H,7-8H2,1-2H3. The van der Waals surface area contributed by atoms with Gasteiger partial charge in [-0.05, 0) is 30.5 Å². The van der Waals surface area contributed by atoms with Crippen molar-refractivity contribution >= 4 is 10.9 Å². The number of benzene rings is 1. The Morgan fingerprint density at radius 3 is 2.72 bits per heavy atom. The Bertz CT molecular complexity index is 557. The maximum absolute atomic E-state index is 13.9. The van der Waals surface area contributed by atoms with Gasteiger partial charge in [0.15, 0.2) is 0 Å². The third-order valence-electron chi connectivity index (χ3n) is 2.96. The van der Waals surface area contributed by atoms with Crippen LogP contribution in [0, 0.1) is 11.7 Å². The molecule has 4 heteroatoms. The van der Waals surface area contributed by atoms with Crippen LogP contribution in [0.25, 0.3) is 10.9 Å². The highest BCUT2D eigenvalue weighted by Crippen LogP contribution is 2.24. The molecule has 0 amide bonds. The molecule has 1 N–H and O–H groups in total. The van der Waals surface area contributed by atoms with Crippen LogP contribution < -0.4 is 4.74 Å². The summed E-state index contributed by atoms with van der Waals surface area (Å²) in [6.45, 7) is 1.90. The van der Waals surface area contributed by atoms with Crippen molar-refractivity contribution in [1.82, 2.24) is 4.98 Å². The lowest BCUT2D eigenvalue weighted by atomic mass is 9.98. The summed E-state index contributed by atoms with van der Waals surface area (Å²) in [5.41, 5.74) is 1.14. The molecule has 0 aliphatic carbocycles. The summed E-state index contributed by atoms with van der Waals surface area (Å²) >= 11 is 0. The van der Waals surface area contributed by atoms with Crippen LogP contribution in [-0.4, -0.2) is 23.8 Å². The molecule has 0 aliphatic heterocycles. The average Bonchev–Trinajstić information content (AvgIpc) is 2.41. The van der Waals surface area contributed by atoms with E-state index in [9.17, 15) is 4.39 Å². The molecule has 0 saturated heterocycles. The summed E-state index contributed by atoms with van der Waals surface area (Å²) in [6.07, 6.45) is 0.458. The van der Waals surface area contributed by atoms with E-state index in [2.05, 4.69) is 4.98 Å². The van der Waals surface area contributed by atoms with Gasteiger partial charge in [0, 0.05) is 23.6 Å². The Hall–Kier alpha value is -1.68. The van der Waals surface area contributed by atoms with Gasteiger partial charge in [-0.25, -0.2) is 9.37 Å². The van der Waals surface area contributed by atoms with Gasteiger partial charge in [0.2, 0.25) is 5.88 Å². The molecule has 1 atom stereocenters. The number of aliphatic hydroxyl groups is 1. The van der Waals surface area contributed by atoms with Gasteiger partial charge >= 0.3 is 0 Å². The van der Waals surface area contributed by atoms with Crippen LogP contribution >= 0.6 is 0 Å². The summed E-state index contributed by atoms with van der Waals surface area (Å²) in [6, 6.07) is 6.74. The highest BCUT2D eigenvalue weighted by atomic mass is 19.1. The van der Waals surface area contributed by atoms with E-state index in [0.29, 0.717) is 23.4 Å². The zero-order chi connectivity index (χ0) is 13.1. The number of halogens is 1. The van der Waals surface area contributed by atoms with Gasteiger partial charge in [0.25, 0.3) is 0 Å². The predicted octanol–water partition coefficient (Wildman–Crippen LogP) is 2.55. The molecular weight excluding hydrogens is 233 g/mol. The highest BCUT2D eigenvalue weighted by Gasteiger charge is 2.13. The SMILES string of the molecule is COc1ccc2ccc(F)c(CC(C)CO)c2n1. The van der Waals surface area contributed by atoms with Crippen LogP contribution in [-0.2, 0) is 6.42 Å². The molecule has 1 aromatic heterocycles. The summed E-state index contributed by atoms with van der Waals surface area (Å²) < 4.78 is 19.0. The summed E-state index contributed by atoms with van der Waals surface area (Å²) in [4.78, 5) is 4.30. The molecule has 96 valence electrons. The molecule has 2 aromatic rings. The van der Waals surface area contributed by atoms with Gasteiger partial charge in [0.05, 0.1) is 12.6 Å². The Morgan fingerprint density at radius 1 is 1.33 bits per heavy atom. The Balaban J connectivity index is 2.56. The normalized spacial score (nSPS) is 12.7. The third-order valence-corrected chi connectivity index (χ3v) is 2.96. The van der Waals surface area contributed by atoms with Crippen LogP contribution in [0.1, 0.15) is 12.5 Å². The Morgan fingerprint density at radius 2 is 2.06 bits per heavy atom. The molecule has 1 heterocycles. The fraction of sp³-hybridized carbons (Fsp3) is 0.357. The zero-order valence-corrected chi connectivity index (χ0v) is 10.5. The first-order valence-corrected chi connectivity index (χ1v) is 5.88. The lowest BCUT2D eigenvalue weighted by Crippen LogP contribution is -2.07. The molecule has 3 nitrogen and oxygen atoms in total. The molecule has 0 spiro atoms. The number of methoxy groups -OCH3 is 1. The van der Waals surface area contributed by atoms with Crippen molar-refractivity contribution in [3.05, 3.63) is 35.6 Å². The van der Waals surface area contributed by atoms with E-state index in [1.165, 1.54) is 13.2 Å². The number of aliphatic hydroxyl groups excluding tert-OH is 1. The Kier molecular flexibility index (Phi) is 3.77. The topological polar surface area (TPSA) is 42.4 Å². The minimum Gasteiger partial charge on any atom is -0.481 e. The number of pyridine rings is 1. The Labute approximate surface area is 105 Å². The lowest BCUT2D eigenvalue weighted by molar-refractivity contribution is 0.236. The maximum atomic E-state index is 13.9. The number of fused-ring (bicyclic) bond motifs is 1. The van der Waals surface area contributed by atoms with Gasteiger partial charge in [0.1, 0.15) is 5.82 Å². The maximum Gasteiger partial charge on any atom is 0.213 e. The molecule has 0 bridgehead atoms. The van der Waals surface area contributed by atoms with Crippen molar-refractivity contribution in [2.24, 2.45) is 5.92 Å². The smallest absolute Gasteiger partial charge is 0.213 e. The monoisotopic (exact) mass is 249 g/mol. The second kappa shape index (κ2) is 5.31. The molecule has 1 unspecified atom stereocenters. The second-order valence-electron chi connectivity index (χ2n) is 4.44. The van der Waals surface area contributed by atoms with Gasteiger partial charge in [-0.2, -0.15) is 0 Å². The largest absolute Gasteiger partial charge is 0.481 e. The van der Waals surface area contributed by atoms with E-state index >= 15 is 0 Å². The molecule has 2 rings (SSSR count). The van der Waals surface area contributed by atoms with E-state index in [1.54, 1.807) is 12.1 Å². The minimum atomic E-state index is -0.288. The van der Waals surface area contributed by atoms with Crippen molar-refractivity contribution in [2.75, 3.05) is 13.7 Å². The van der Waals surface area contributed by atoms with Crippen molar-refractivity contribution in [3.63, 3.8) is 0 Å². The van der Waals surface area contributed by atoms with Crippen molar-refractivity contribution in [2.45, 2.75) is 13.3 Å². The third kappa shape index (κ3) is 2.43. The van der Waals surface area contributed by atoms with Gasteiger partial charge in [-0.3, -0.25) is 0 Å². The van der Waals surface area contributed by atoms with Crippen molar-refractivity contribution in [3.8, 4) is 5.88 Å². The summed E-state index contributed by atoms with van der Waals surface area (Å²) in [5, 5.41) is 9.96.